The summed E-state index contributed by atoms with van der Waals surface area (Å²) >= 11 is 3.51. The normalized spacial score (nSPS) is 14.2. The third-order valence-electron chi connectivity index (χ3n) is 3.09. The predicted octanol–water partition coefficient (Wildman–Crippen LogP) is 4.81. The zero-order valence-electron chi connectivity index (χ0n) is 12.3. The van der Waals surface area contributed by atoms with Crippen LogP contribution in [0.4, 0.5) is 0 Å². The first-order chi connectivity index (χ1) is 8.56. The van der Waals surface area contributed by atoms with Crippen LogP contribution in [0.3, 0.4) is 0 Å². The van der Waals surface area contributed by atoms with Gasteiger partial charge in [-0.2, -0.15) is 0 Å². The van der Waals surface area contributed by atoms with Crippen LogP contribution in [0.1, 0.15) is 78.6 Å². The van der Waals surface area contributed by atoms with Crippen molar-refractivity contribution in [3.63, 3.8) is 0 Å². The molecule has 0 aliphatic carbocycles. The van der Waals surface area contributed by atoms with Gasteiger partial charge >= 0.3 is 0 Å². The Morgan fingerprint density at radius 2 is 1.61 bits per heavy atom. The molecule has 0 bridgehead atoms. The van der Waals surface area contributed by atoms with Crippen LogP contribution in [-0.2, 0) is 4.79 Å². The van der Waals surface area contributed by atoms with Crippen molar-refractivity contribution in [3.05, 3.63) is 0 Å². The maximum Gasteiger partial charge on any atom is 0.220 e. The van der Waals surface area contributed by atoms with Gasteiger partial charge in [0.05, 0.1) is 0 Å². The summed E-state index contributed by atoms with van der Waals surface area (Å²) < 4.78 is 0. The van der Waals surface area contributed by atoms with Crippen LogP contribution < -0.4 is 5.32 Å². The molecule has 2 atom stereocenters. The number of carbonyl (C=O) groups is 1. The molecule has 18 heavy (non-hydrogen) atoms. The zero-order valence-corrected chi connectivity index (χ0v) is 13.9. The van der Waals surface area contributed by atoms with Gasteiger partial charge in [0, 0.05) is 17.3 Å². The van der Waals surface area contributed by atoms with Gasteiger partial charge in [-0.15, -0.1) is 0 Å². The van der Waals surface area contributed by atoms with Crippen LogP contribution in [0, 0.1) is 0 Å². The molecule has 0 aromatic rings. The standard InChI is InChI=1S/C15H30BrNO/c1-4-5-6-7-8-9-10-11-15(18)17-14(3)12-13(2)16/h13-14H,4-12H2,1-3H3,(H,17,18). The van der Waals surface area contributed by atoms with Gasteiger partial charge in [-0.25, -0.2) is 0 Å². The topological polar surface area (TPSA) is 29.1 Å². The minimum absolute atomic E-state index is 0.212. The molecule has 2 nitrogen and oxygen atoms in total. The van der Waals surface area contributed by atoms with Crippen molar-refractivity contribution in [2.24, 2.45) is 0 Å². The molecule has 0 spiro atoms. The van der Waals surface area contributed by atoms with Crippen molar-refractivity contribution >= 4 is 21.8 Å². The van der Waals surface area contributed by atoms with Gasteiger partial charge in [0.15, 0.2) is 0 Å². The van der Waals surface area contributed by atoms with E-state index < -0.39 is 0 Å². The molecule has 1 N–H and O–H groups in total. The quantitative estimate of drug-likeness (QED) is 0.430. The van der Waals surface area contributed by atoms with E-state index in [4.69, 9.17) is 0 Å². The second kappa shape index (κ2) is 12.0. The Balaban J connectivity index is 3.36. The van der Waals surface area contributed by atoms with Crippen LogP contribution in [0.25, 0.3) is 0 Å². The highest BCUT2D eigenvalue weighted by atomic mass is 79.9. The second-order valence-electron chi connectivity index (χ2n) is 5.36. The minimum atomic E-state index is 0.212. The van der Waals surface area contributed by atoms with Crippen LogP contribution in [0.15, 0.2) is 0 Å². The summed E-state index contributed by atoms with van der Waals surface area (Å²) in [6.07, 6.45) is 10.5. The summed E-state index contributed by atoms with van der Waals surface area (Å²) in [5.74, 6) is 0.212. The predicted molar refractivity (Wildman–Crippen MR) is 83.2 cm³/mol. The van der Waals surface area contributed by atoms with Gasteiger partial charge in [-0.3, -0.25) is 4.79 Å². The fourth-order valence-electron chi connectivity index (χ4n) is 2.14. The molecule has 1 amide bonds. The average Bonchev–Trinajstić information content (AvgIpc) is 2.26. The smallest absolute Gasteiger partial charge is 0.220 e. The Labute approximate surface area is 121 Å². The minimum Gasteiger partial charge on any atom is -0.354 e. The molecule has 0 saturated heterocycles. The fraction of sp³-hybridized carbons (Fsp3) is 0.933. The highest BCUT2D eigenvalue weighted by Crippen LogP contribution is 2.09. The number of rotatable bonds is 11. The molecular weight excluding hydrogens is 290 g/mol. The van der Waals surface area contributed by atoms with Crippen LogP contribution in [0.5, 0.6) is 0 Å². The molecule has 0 aromatic heterocycles. The van der Waals surface area contributed by atoms with E-state index in [0.717, 1.165) is 12.8 Å². The molecule has 0 radical (unpaired) electrons. The second-order valence-corrected chi connectivity index (χ2v) is 6.92. The van der Waals surface area contributed by atoms with Crippen LogP contribution in [-0.4, -0.2) is 16.8 Å². The molecule has 0 saturated carbocycles. The maximum atomic E-state index is 11.6. The summed E-state index contributed by atoms with van der Waals surface area (Å²) in [6, 6.07) is 0.274. The molecule has 0 fully saturated rings. The number of hydrogen-bond donors (Lipinski definition) is 1. The van der Waals surface area contributed by atoms with Gasteiger partial charge in [-0.1, -0.05) is 68.3 Å². The Hall–Kier alpha value is -0.0500. The third-order valence-corrected chi connectivity index (χ3v) is 3.47. The van der Waals surface area contributed by atoms with Gasteiger partial charge in [0.2, 0.25) is 5.91 Å². The molecule has 0 aliphatic heterocycles. The van der Waals surface area contributed by atoms with Crippen molar-refractivity contribution < 1.29 is 4.79 Å². The molecular formula is C15H30BrNO. The van der Waals surface area contributed by atoms with Gasteiger partial charge in [-0.05, 0) is 19.8 Å². The van der Waals surface area contributed by atoms with Crippen LogP contribution in [0.2, 0.25) is 0 Å². The zero-order chi connectivity index (χ0) is 13.8. The summed E-state index contributed by atoms with van der Waals surface area (Å²) in [4.78, 5) is 12.1. The average molecular weight is 320 g/mol. The van der Waals surface area contributed by atoms with E-state index in [-0.39, 0.29) is 11.9 Å². The lowest BCUT2D eigenvalue weighted by atomic mass is 10.1. The largest absolute Gasteiger partial charge is 0.354 e. The van der Waals surface area contributed by atoms with E-state index in [1.807, 2.05) is 0 Å². The van der Waals surface area contributed by atoms with E-state index in [9.17, 15) is 4.79 Å². The molecule has 0 aromatic carbocycles. The van der Waals surface area contributed by atoms with Crippen molar-refractivity contribution in [2.45, 2.75) is 89.4 Å². The lowest BCUT2D eigenvalue weighted by Crippen LogP contribution is -2.33. The number of unbranched alkanes of at least 4 members (excludes halogenated alkanes) is 6. The molecule has 0 aliphatic rings. The van der Waals surface area contributed by atoms with E-state index in [0.29, 0.717) is 11.2 Å². The lowest BCUT2D eigenvalue weighted by Gasteiger charge is -2.15. The first kappa shape index (κ1) is 17.9. The first-order valence-electron chi connectivity index (χ1n) is 7.49. The third kappa shape index (κ3) is 12.4. The molecule has 0 heterocycles. The number of carbonyl (C=O) groups excluding carboxylic acids is 1. The molecule has 0 rings (SSSR count). The van der Waals surface area contributed by atoms with Crippen molar-refractivity contribution in [1.82, 2.24) is 5.32 Å². The summed E-state index contributed by atoms with van der Waals surface area (Å²) in [6.45, 7) is 6.42. The molecule has 2 unspecified atom stereocenters. The fourth-order valence-corrected chi connectivity index (χ4v) is 2.70. The Morgan fingerprint density at radius 3 is 2.17 bits per heavy atom. The van der Waals surface area contributed by atoms with Gasteiger partial charge in [0.25, 0.3) is 0 Å². The number of alkyl halides is 1. The molecule has 3 heteroatoms. The van der Waals surface area contributed by atoms with E-state index in [2.05, 4.69) is 42.0 Å². The van der Waals surface area contributed by atoms with Crippen molar-refractivity contribution in [2.75, 3.05) is 0 Å². The van der Waals surface area contributed by atoms with Crippen LogP contribution >= 0.6 is 15.9 Å². The number of hydrogen-bond acceptors (Lipinski definition) is 1. The van der Waals surface area contributed by atoms with E-state index in [1.54, 1.807) is 0 Å². The summed E-state index contributed by atoms with van der Waals surface area (Å²) in [5, 5.41) is 3.05. The highest BCUT2D eigenvalue weighted by Gasteiger charge is 2.09. The summed E-state index contributed by atoms with van der Waals surface area (Å²) in [5.41, 5.74) is 0. The SMILES string of the molecule is CCCCCCCCCC(=O)NC(C)CC(C)Br. The van der Waals surface area contributed by atoms with E-state index >= 15 is 0 Å². The van der Waals surface area contributed by atoms with Gasteiger partial charge < -0.3 is 5.32 Å². The van der Waals surface area contributed by atoms with E-state index in [1.165, 1.54) is 38.5 Å². The Bertz CT molecular complexity index is 207. The number of nitrogens with one attached hydrogen (secondary N) is 1. The van der Waals surface area contributed by atoms with Gasteiger partial charge in [0.1, 0.15) is 0 Å². The Morgan fingerprint density at radius 1 is 1.06 bits per heavy atom. The maximum absolute atomic E-state index is 11.6. The van der Waals surface area contributed by atoms with Crippen molar-refractivity contribution in [1.29, 1.82) is 0 Å². The molecule has 108 valence electrons. The summed E-state index contributed by atoms with van der Waals surface area (Å²) in [7, 11) is 0. The lowest BCUT2D eigenvalue weighted by molar-refractivity contribution is -0.121. The number of halogens is 1. The number of amides is 1. The monoisotopic (exact) mass is 319 g/mol. The Kier molecular flexibility index (Phi) is 12.0. The van der Waals surface area contributed by atoms with Crippen molar-refractivity contribution in [3.8, 4) is 0 Å². The first-order valence-corrected chi connectivity index (χ1v) is 8.41. The highest BCUT2D eigenvalue weighted by molar-refractivity contribution is 9.09.